The molecule has 0 aliphatic heterocycles. The molecule has 0 spiro atoms. The number of carbonyl (C=O) groups excluding carboxylic acids is 4. The van der Waals surface area contributed by atoms with Crippen molar-refractivity contribution in [3.8, 4) is 0 Å². The highest BCUT2D eigenvalue weighted by Crippen LogP contribution is 2.25. The summed E-state index contributed by atoms with van der Waals surface area (Å²) in [6, 6.07) is 13.2. The molecule has 0 radical (unpaired) electrons. The normalized spacial score (nSPS) is 11.3. The van der Waals surface area contributed by atoms with Crippen LogP contribution in [0.2, 0.25) is 0 Å². The largest absolute Gasteiger partial charge is 0.464 e. The Bertz CT molecular complexity index is 1060. The predicted octanol–water partition coefficient (Wildman–Crippen LogP) is 2.53. The molecular formula is C23H27IN4O7. The standard InChI is InChI=1S/C23H27IN4O7/c1-14(2)22(31)34-11-10-26-20(29)19(23(32)35-13-15-6-4-3-5-7-15)21(30)27-16-8-9-17(25)18(12-16)28-24-33/h3-9,12,14,19H,10-11,13,25H2,1-2H3,(H,26,29)(H,27,30)(H,28,33). The van der Waals surface area contributed by atoms with Crippen molar-refractivity contribution in [2.75, 3.05) is 27.7 Å². The van der Waals surface area contributed by atoms with E-state index in [0.717, 1.165) is 0 Å². The first-order valence-electron chi connectivity index (χ1n) is 10.6. The average molecular weight is 598 g/mol. The van der Waals surface area contributed by atoms with E-state index in [0.29, 0.717) is 16.9 Å². The lowest BCUT2D eigenvalue weighted by molar-refractivity contribution is -0.157. The van der Waals surface area contributed by atoms with Crippen LogP contribution in [0.25, 0.3) is 0 Å². The van der Waals surface area contributed by atoms with Crippen molar-refractivity contribution >= 4 is 62.3 Å². The molecule has 1 atom stereocenters. The number of nitrogens with one attached hydrogen (secondary N) is 3. The van der Waals surface area contributed by atoms with Gasteiger partial charge in [-0.1, -0.05) is 44.2 Å². The lowest BCUT2D eigenvalue weighted by Gasteiger charge is -2.17. The minimum Gasteiger partial charge on any atom is -0.464 e. The van der Waals surface area contributed by atoms with Crippen molar-refractivity contribution in [3.05, 3.63) is 54.1 Å². The highest BCUT2D eigenvalue weighted by molar-refractivity contribution is 14.1. The second kappa shape index (κ2) is 14.0. The zero-order chi connectivity index (χ0) is 25.8. The Morgan fingerprint density at radius 1 is 0.971 bits per heavy atom. The molecular weight excluding hydrogens is 571 g/mol. The smallest absolute Gasteiger partial charge is 0.328 e. The maximum absolute atomic E-state index is 12.9. The summed E-state index contributed by atoms with van der Waals surface area (Å²) in [6.45, 7) is 2.98. The number of nitrogens with two attached hydrogens (primary N) is 1. The Morgan fingerprint density at radius 3 is 2.34 bits per heavy atom. The number of halogens is 1. The average Bonchev–Trinajstić information content (AvgIpc) is 2.83. The number of benzene rings is 2. The molecule has 0 aliphatic rings. The van der Waals surface area contributed by atoms with E-state index in [2.05, 4.69) is 14.2 Å². The van der Waals surface area contributed by atoms with Crippen molar-refractivity contribution in [1.82, 2.24) is 5.32 Å². The molecule has 0 aromatic heterocycles. The molecule has 0 bridgehead atoms. The maximum Gasteiger partial charge on any atom is 0.328 e. The third kappa shape index (κ3) is 8.96. The molecule has 2 aromatic carbocycles. The second-order valence-electron chi connectivity index (χ2n) is 7.60. The van der Waals surface area contributed by atoms with Gasteiger partial charge in [0.05, 0.1) is 23.8 Å². The first kappa shape index (κ1) is 27.7. The second-order valence-corrected chi connectivity index (χ2v) is 8.58. The lowest BCUT2D eigenvalue weighted by atomic mass is 10.1. The van der Waals surface area contributed by atoms with Crippen LogP contribution < -0.4 is 19.9 Å². The third-order valence-corrected chi connectivity index (χ3v) is 5.36. The number of anilines is 3. The number of carbonyl (C=O) groups is 4. The van der Waals surface area contributed by atoms with E-state index in [1.54, 1.807) is 44.2 Å². The van der Waals surface area contributed by atoms with E-state index in [4.69, 9.17) is 15.2 Å². The summed E-state index contributed by atoms with van der Waals surface area (Å²) in [5.74, 6) is -5.51. The Labute approximate surface area is 213 Å². The molecule has 11 nitrogen and oxygen atoms in total. The van der Waals surface area contributed by atoms with E-state index in [9.17, 15) is 22.2 Å². The summed E-state index contributed by atoms with van der Waals surface area (Å²) in [4.78, 5) is 50.0. The molecule has 1 unspecified atom stereocenters. The van der Waals surface area contributed by atoms with Gasteiger partial charge in [-0.15, -0.1) is 0 Å². The molecule has 12 heteroatoms. The summed E-state index contributed by atoms with van der Waals surface area (Å²) >= 11 is -1.57. The summed E-state index contributed by atoms with van der Waals surface area (Å²) in [5, 5.41) is 4.90. The summed E-state index contributed by atoms with van der Waals surface area (Å²) in [6.07, 6.45) is 0. The maximum atomic E-state index is 12.9. The van der Waals surface area contributed by atoms with Crippen LogP contribution in [0.4, 0.5) is 17.1 Å². The number of hydrogen-bond acceptors (Lipinski definition) is 8. The fourth-order valence-corrected chi connectivity index (χ4v) is 3.42. The molecule has 0 fully saturated rings. The van der Waals surface area contributed by atoms with Crippen LogP contribution in [-0.4, -0.2) is 36.9 Å². The number of esters is 2. The number of amides is 2. The van der Waals surface area contributed by atoms with Crippen LogP contribution in [0.3, 0.4) is 0 Å². The van der Waals surface area contributed by atoms with Gasteiger partial charge in [0.1, 0.15) is 13.2 Å². The van der Waals surface area contributed by atoms with Crippen LogP contribution in [-0.2, 0) is 38.3 Å². The summed E-state index contributed by atoms with van der Waals surface area (Å²) in [5.41, 5.74) is 7.35. The SMILES string of the molecule is CC(C)C(=O)OCCNC(=O)C(C(=O)Nc1ccc(N)c(NI=O)c1)C(=O)OCc1ccccc1. The van der Waals surface area contributed by atoms with E-state index in [1.807, 2.05) is 0 Å². The van der Waals surface area contributed by atoms with Crippen LogP contribution in [0.15, 0.2) is 48.5 Å². The number of hydrogen-bond donors (Lipinski definition) is 4. The van der Waals surface area contributed by atoms with E-state index in [-0.39, 0.29) is 31.4 Å². The molecule has 0 saturated heterocycles. The summed E-state index contributed by atoms with van der Waals surface area (Å²) in [7, 11) is 0. The zero-order valence-electron chi connectivity index (χ0n) is 19.2. The number of rotatable bonds is 12. The fourth-order valence-electron chi connectivity index (χ4n) is 2.71. The van der Waals surface area contributed by atoms with Gasteiger partial charge in [0, 0.05) is 5.69 Å². The van der Waals surface area contributed by atoms with Crippen molar-refractivity contribution in [2.24, 2.45) is 11.8 Å². The molecule has 0 saturated carbocycles. The zero-order valence-corrected chi connectivity index (χ0v) is 21.4. The Kier molecular flexibility index (Phi) is 11.1. The van der Waals surface area contributed by atoms with Gasteiger partial charge in [0.2, 0.25) is 17.7 Å². The van der Waals surface area contributed by atoms with Gasteiger partial charge in [-0.05, 0) is 23.8 Å². The molecule has 0 aliphatic carbocycles. The van der Waals surface area contributed by atoms with Gasteiger partial charge in [0.25, 0.3) is 21.5 Å². The highest BCUT2D eigenvalue weighted by Gasteiger charge is 2.36. The van der Waals surface area contributed by atoms with Gasteiger partial charge in [0.15, 0.2) is 0 Å². The van der Waals surface area contributed by atoms with Crippen LogP contribution in [0.1, 0.15) is 19.4 Å². The molecule has 5 N–H and O–H groups in total. The molecule has 2 rings (SSSR count). The monoisotopic (exact) mass is 598 g/mol. The molecule has 0 heterocycles. The minimum absolute atomic E-state index is 0.101. The van der Waals surface area contributed by atoms with Crippen molar-refractivity contribution in [1.29, 1.82) is 0 Å². The van der Waals surface area contributed by atoms with Gasteiger partial charge < -0.3 is 29.4 Å². The van der Waals surface area contributed by atoms with Gasteiger partial charge in [-0.25, -0.2) is 3.07 Å². The fraction of sp³-hybridized carbons (Fsp3) is 0.304. The molecule has 35 heavy (non-hydrogen) atoms. The van der Waals surface area contributed by atoms with Crippen LogP contribution in [0, 0.1) is 11.8 Å². The first-order chi connectivity index (χ1) is 16.7. The van der Waals surface area contributed by atoms with Crippen molar-refractivity contribution < 1.29 is 31.7 Å². The quantitative estimate of drug-likeness (QED) is 0.0717. The predicted molar refractivity (Wildman–Crippen MR) is 136 cm³/mol. The van der Waals surface area contributed by atoms with Crippen molar-refractivity contribution in [2.45, 2.75) is 20.5 Å². The van der Waals surface area contributed by atoms with Gasteiger partial charge in [-0.2, -0.15) is 0 Å². The van der Waals surface area contributed by atoms with Crippen LogP contribution in [0.5, 0.6) is 0 Å². The van der Waals surface area contributed by atoms with E-state index < -0.39 is 51.1 Å². The Hall–Kier alpha value is -3.55. The first-order valence-corrected chi connectivity index (χ1v) is 12.6. The van der Waals surface area contributed by atoms with Gasteiger partial charge >= 0.3 is 11.9 Å². The van der Waals surface area contributed by atoms with E-state index >= 15 is 0 Å². The highest BCUT2D eigenvalue weighted by atomic mass is 127. The number of ether oxygens (including phenoxy) is 2. The van der Waals surface area contributed by atoms with Crippen LogP contribution >= 0.6 is 21.5 Å². The minimum atomic E-state index is -1.83. The Balaban J connectivity index is 2.11. The van der Waals surface area contributed by atoms with Gasteiger partial charge in [-0.3, -0.25) is 19.2 Å². The molecule has 2 aromatic rings. The molecule has 188 valence electrons. The number of nitrogen functional groups attached to an aromatic ring is 1. The Morgan fingerprint density at radius 2 is 1.69 bits per heavy atom. The lowest BCUT2D eigenvalue weighted by Crippen LogP contribution is -2.44. The van der Waals surface area contributed by atoms with Crippen molar-refractivity contribution in [3.63, 3.8) is 0 Å². The summed E-state index contributed by atoms with van der Waals surface area (Å²) < 4.78 is 23.8. The molecule has 2 amide bonds. The third-order valence-electron chi connectivity index (χ3n) is 4.56. The topological polar surface area (TPSA) is 166 Å². The van der Waals surface area contributed by atoms with E-state index in [1.165, 1.54) is 18.2 Å².